The van der Waals surface area contributed by atoms with E-state index in [4.69, 9.17) is 0 Å². The van der Waals surface area contributed by atoms with E-state index in [1.165, 1.54) is 14.2 Å². The van der Waals surface area contributed by atoms with E-state index >= 15 is 0 Å². The van der Waals surface area contributed by atoms with Gasteiger partial charge in [0, 0.05) is 18.8 Å². The van der Waals surface area contributed by atoms with Crippen LogP contribution in [-0.2, 0) is 9.47 Å². The van der Waals surface area contributed by atoms with E-state index in [0.717, 1.165) is 23.7 Å². The van der Waals surface area contributed by atoms with Gasteiger partial charge in [-0.2, -0.15) is 4.90 Å². The Hall–Kier alpha value is -2.24. The molecule has 0 unspecified atom stereocenters. The number of nitrogens with zero attached hydrogens (tertiary/aromatic N) is 2. The summed E-state index contributed by atoms with van der Waals surface area (Å²) in [6, 6.07) is 7.06. The fraction of sp³-hybridized carbons (Fsp3) is 0.429. The first-order chi connectivity index (χ1) is 9.58. The lowest BCUT2D eigenvalue weighted by molar-refractivity contribution is 0.159. The van der Waals surface area contributed by atoms with Crippen LogP contribution in [0.2, 0.25) is 0 Å². The molecule has 0 saturated carbocycles. The molecule has 1 rings (SSSR count). The van der Waals surface area contributed by atoms with Crippen LogP contribution in [0.1, 0.15) is 13.8 Å². The Morgan fingerprint density at radius 2 is 1.30 bits per heavy atom. The summed E-state index contributed by atoms with van der Waals surface area (Å²) >= 11 is 0. The third-order valence-electron chi connectivity index (χ3n) is 2.95. The Bertz CT molecular complexity index is 439. The van der Waals surface area contributed by atoms with E-state index in [0.29, 0.717) is 5.69 Å². The van der Waals surface area contributed by atoms with Crippen molar-refractivity contribution in [1.82, 2.24) is 0 Å². The SMILES string of the molecule is CCN(CC)c1ccc(N(C(=O)OC)C(=O)OC)cc1. The van der Waals surface area contributed by atoms with Crippen molar-refractivity contribution in [3.05, 3.63) is 24.3 Å². The van der Waals surface area contributed by atoms with Gasteiger partial charge < -0.3 is 14.4 Å². The van der Waals surface area contributed by atoms with Crippen LogP contribution in [-0.4, -0.2) is 39.5 Å². The molecule has 0 aromatic heterocycles. The van der Waals surface area contributed by atoms with Crippen LogP contribution >= 0.6 is 0 Å². The predicted octanol–water partition coefficient (Wildman–Crippen LogP) is 2.87. The minimum atomic E-state index is -0.785. The first-order valence-electron chi connectivity index (χ1n) is 6.40. The molecule has 6 nitrogen and oxygen atoms in total. The number of amides is 2. The first kappa shape index (κ1) is 15.8. The van der Waals surface area contributed by atoms with E-state index in [1.54, 1.807) is 12.1 Å². The number of hydrogen-bond acceptors (Lipinski definition) is 5. The zero-order valence-corrected chi connectivity index (χ0v) is 12.3. The molecular formula is C14H20N2O4. The van der Waals surface area contributed by atoms with Gasteiger partial charge in [-0.05, 0) is 38.1 Å². The Balaban J connectivity index is 3.05. The summed E-state index contributed by atoms with van der Waals surface area (Å²) in [5.41, 5.74) is 1.42. The predicted molar refractivity (Wildman–Crippen MR) is 77.3 cm³/mol. The average Bonchev–Trinajstić information content (AvgIpc) is 2.49. The maximum Gasteiger partial charge on any atom is 0.423 e. The molecule has 0 fully saturated rings. The lowest BCUT2D eigenvalue weighted by Crippen LogP contribution is -2.36. The molecule has 110 valence electrons. The van der Waals surface area contributed by atoms with E-state index < -0.39 is 12.2 Å². The molecule has 2 amide bonds. The summed E-state index contributed by atoms with van der Waals surface area (Å²) in [6.45, 7) is 5.89. The van der Waals surface area contributed by atoms with Gasteiger partial charge in [-0.1, -0.05) is 0 Å². The van der Waals surface area contributed by atoms with Gasteiger partial charge in [-0.3, -0.25) is 0 Å². The zero-order valence-electron chi connectivity index (χ0n) is 12.3. The summed E-state index contributed by atoms with van der Waals surface area (Å²) in [6.07, 6.45) is -1.57. The number of imide groups is 1. The monoisotopic (exact) mass is 280 g/mol. The summed E-state index contributed by atoms with van der Waals surface area (Å²) in [4.78, 5) is 26.3. The minimum Gasteiger partial charge on any atom is -0.452 e. The second-order valence-electron chi connectivity index (χ2n) is 3.96. The molecule has 0 bridgehead atoms. The van der Waals surface area contributed by atoms with Gasteiger partial charge in [0.15, 0.2) is 0 Å². The van der Waals surface area contributed by atoms with Crippen molar-refractivity contribution >= 4 is 23.6 Å². The smallest absolute Gasteiger partial charge is 0.423 e. The lowest BCUT2D eigenvalue weighted by Gasteiger charge is -2.22. The number of benzene rings is 1. The summed E-state index contributed by atoms with van der Waals surface area (Å²) < 4.78 is 9.17. The maximum absolute atomic E-state index is 11.6. The van der Waals surface area contributed by atoms with Crippen molar-refractivity contribution < 1.29 is 19.1 Å². The van der Waals surface area contributed by atoms with Crippen molar-refractivity contribution in [2.75, 3.05) is 37.1 Å². The third-order valence-corrected chi connectivity index (χ3v) is 2.95. The van der Waals surface area contributed by atoms with Crippen molar-refractivity contribution in [1.29, 1.82) is 0 Å². The molecule has 1 aromatic rings. The molecule has 0 aliphatic heterocycles. The summed E-state index contributed by atoms with van der Waals surface area (Å²) in [5, 5.41) is 0. The summed E-state index contributed by atoms with van der Waals surface area (Å²) in [7, 11) is 2.42. The highest BCUT2D eigenvalue weighted by atomic mass is 16.6. The Morgan fingerprint density at radius 3 is 1.65 bits per heavy atom. The lowest BCUT2D eigenvalue weighted by atomic mass is 10.2. The number of hydrogen-bond donors (Lipinski definition) is 0. The molecule has 0 saturated heterocycles. The Kier molecular flexibility index (Phi) is 5.83. The number of ether oxygens (including phenoxy) is 2. The fourth-order valence-electron chi connectivity index (χ4n) is 1.87. The van der Waals surface area contributed by atoms with Crippen LogP contribution in [0, 0.1) is 0 Å². The Labute approximate surface area is 118 Å². The molecule has 20 heavy (non-hydrogen) atoms. The van der Waals surface area contributed by atoms with E-state index in [2.05, 4.69) is 28.2 Å². The van der Waals surface area contributed by atoms with Gasteiger partial charge >= 0.3 is 12.2 Å². The van der Waals surface area contributed by atoms with Crippen LogP contribution in [0.15, 0.2) is 24.3 Å². The minimum absolute atomic E-state index is 0.402. The van der Waals surface area contributed by atoms with Crippen LogP contribution in [0.3, 0.4) is 0 Å². The van der Waals surface area contributed by atoms with E-state index in [9.17, 15) is 9.59 Å². The highest BCUT2D eigenvalue weighted by molar-refractivity contribution is 6.09. The average molecular weight is 280 g/mol. The number of carbonyl (C=O) groups excluding carboxylic acids is 2. The summed E-state index contributed by atoms with van der Waals surface area (Å²) in [5.74, 6) is 0. The third kappa shape index (κ3) is 3.40. The number of anilines is 2. The normalized spacial score (nSPS) is 9.80. The molecule has 1 aromatic carbocycles. The molecule has 6 heteroatoms. The number of methoxy groups -OCH3 is 2. The van der Waals surface area contributed by atoms with Crippen LogP contribution in [0.25, 0.3) is 0 Å². The van der Waals surface area contributed by atoms with E-state index in [1.807, 2.05) is 12.1 Å². The number of rotatable bonds is 4. The molecule has 0 spiro atoms. The maximum atomic E-state index is 11.6. The van der Waals surface area contributed by atoms with Crippen LogP contribution < -0.4 is 9.80 Å². The fourth-order valence-corrected chi connectivity index (χ4v) is 1.87. The topological polar surface area (TPSA) is 59.1 Å². The Morgan fingerprint density at radius 1 is 0.900 bits per heavy atom. The van der Waals surface area contributed by atoms with Crippen molar-refractivity contribution in [3.63, 3.8) is 0 Å². The van der Waals surface area contributed by atoms with Crippen molar-refractivity contribution in [2.45, 2.75) is 13.8 Å². The number of carbonyl (C=O) groups is 2. The first-order valence-corrected chi connectivity index (χ1v) is 6.40. The van der Waals surface area contributed by atoms with Gasteiger partial charge in [0.1, 0.15) is 0 Å². The molecule has 0 heterocycles. The standard InChI is InChI=1S/C14H20N2O4/c1-5-15(6-2)11-7-9-12(10-8-11)16(13(17)19-3)14(18)20-4/h7-10H,5-6H2,1-4H3. The van der Waals surface area contributed by atoms with Gasteiger partial charge in [0.2, 0.25) is 0 Å². The quantitative estimate of drug-likeness (QED) is 0.848. The van der Waals surface area contributed by atoms with Gasteiger partial charge in [0.25, 0.3) is 0 Å². The molecule has 0 atom stereocenters. The second-order valence-corrected chi connectivity index (χ2v) is 3.96. The van der Waals surface area contributed by atoms with Crippen LogP contribution in [0.4, 0.5) is 21.0 Å². The molecule has 0 N–H and O–H groups in total. The van der Waals surface area contributed by atoms with Crippen molar-refractivity contribution in [3.8, 4) is 0 Å². The molecule has 0 aliphatic carbocycles. The molecule has 0 radical (unpaired) electrons. The highest BCUT2D eigenvalue weighted by Gasteiger charge is 2.25. The zero-order chi connectivity index (χ0) is 15.1. The molecule has 0 aliphatic rings. The van der Waals surface area contributed by atoms with Gasteiger partial charge in [-0.25, -0.2) is 9.59 Å². The van der Waals surface area contributed by atoms with Gasteiger partial charge in [-0.15, -0.1) is 0 Å². The highest BCUT2D eigenvalue weighted by Crippen LogP contribution is 2.22. The van der Waals surface area contributed by atoms with E-state index in [-0.39, 0.29) is 0 Å². The van der Waals surface area contributed by atoms with Gasteiger partial charge in [0.05, 0.1) is 19.9 Å². The van der Waals surface area contributed by atoms with Crippen molar-refractivity contribution in [2.24, 2.45) is 0 Å². The second kappa shape index (κ2) is 7.37. The molecular weight excluding hydrogens is 260 g/mol. The largest absolute Gasteiger partial charge is 0.452 e. The van der Waals surface area contributed by atoms with Crippen LogP contribution in [0.5, 0.6) is 0 Å².